The number of carbonyl (C=O) groups is 1. The molecule has 1 atom stereocenters. The van der Waals surface area contributed by atoms with Gasteiger partial charge in [0.25, 0.3) is 0 Å². The molecule has 0 aliphatic carbocycles. The van der Waals surface area contributed by atoms with Crippen LogP contribution in [-0.2, 0) is 6.54 Å². The van der Waals surface area contributed by atoms with Crippen LogP contribution in [0.5, 0.6) is 0 Å². The molecule has 1 aromatic carbocycles. The van der Waals surface area contributed by atoms with Crippen LogP contribution in [0, 0.1) is 5.82 Å². The fourth-order valence-corrected chi connectivity index (χ4v) is 1.69. The predicted molar refractivity (Wildman–Crippen MR) is 72.2 cm³/mol. The number of halogens is 1. The molecule has 0 saturated carbocycles. The van der Waals surface area contributed by atoms with Crippen molar-refractivity contribution in [1.29, 1.82) is 0 Å². The van der Waals surface area contributed by atoms with Crippen molar-refractivity contribution in [2.75, 3.05) is 6.54 Å². The highest BCUT2D eigenvalue weighted by Crippen LogP contribution is 2.04. The van der Waals surface area contributed by atoms with E-state index >= 15 is 0 Å². The summed E-state index contributed by atoms with van der Waals surface area (Å²) >= 11 is 0. The summed E-state index contributed by atoms with van der Waals surface area (Å²) in [6.45, 7) is 6.04. The van der Waals surface area contributed by atoms with Crippen LogP contribution in [-0.4, -0.2) is 34.7 Å². The molecule has 0 heterocycles. The van der Waals surface area contributed by atoms with E-state index in [0.29, 0.717) is 6.54 Å². The van der Waals surface area contributed by atoms with E-state index in [9.17, 15) is 14.3 Å². The molecule has 4 nitrogen and oxygen atoms in total. The summed E-state index contributed by atoms with van der Waals surface area (Å²) in [5.74, 6) is -0.298. The van der Waals surface area contributed by atoms with Gasteiger partial charge in [-0.3, -0.25) is 0 Å². The minimum absolute atomic E-state index is 0.00261. The number of aliphatic hydroxyl groups excluding tert-OH is 1. The molecule has 106 valence electrons. The van der Waals surface area contributed by atoms with Gasteiger partial charge in [0.05, 0.1) is 6.10 Å². The fraction of sp³-hybridized carbons (Fsp3) is 0.500. The largest absolute Gasteiger partial charge is 0.392 e. The highest BCUT2D eigenvalue weighted by Gasteiger charge is 2.18. The van der Waals surface area contributed by atoms with Crippen LogP contribution >= 0.6 is 0 Å². The van der Waals surface area contributed by atoms with Gasteiger partial charge in [-0.2, -0.15) is 0 Å². The zero-order chi connectivity index (χ0) is 14.4. The van der Waals surface area contributed by atoms with Gasteiger partial charge in [-0.15, -0.1) is 0 Å². The van der Waals surface area contributed by atoms with Crippen LogP contribution in [0.25, 0.3) is 0 Å². The van der Waals surface area contributed by atoms with E-state index in [1.807, 2.05) is 13.8 Å². The Kier molecular flexibility index (Phi) is 5.76. The number of nitrogens with zero attached hydrogens (tertiary/aromatic N) is 1. The molecule has 0 radical (unpaired) electrons. The molecule has 0 aliphatic heterocycles. The molecule has 1 unspecified atom stereocenters. The molecule has 2 amide bonds. The van der Waals surface area contributed by atoms with Crippen molar-refractivity contribution < 1.29 is 14.3 Å². The summed E-state index contributed by atoms with van der Waals surface area (Å²) in [5.41, 5.74) is 0.829. The van der Waals surface area contributed by atoms with Gasteiger partial charge in [-0.25, -0.2) is 9.18 Å². The Bertz CT molecular complexity index is 404. The van der Waals surface area contributed by atoms with Gasteiger partial charge in [0.2, 0.25) is 0 Å². The van der Waals surface area contributed by atoms with E-state index in [2.05, 4.69) is 5.32 Å². The molecule has 1 aromatic rings. The van der Waals surface area contributed by atoms with E-state index in [4.69, 9.17) is 0 Å². The van der Waals surface area contributed by atoms with Gasteiger partial charge >= 0.3 is 6.03 Å². The molecule has 1 rings (SSSR count). The van der Waals surface area contributed by atoms with Crippen LogP contribution in [0.3, 0.4) is 0 Å². The average molecular weight is 268 g/mol. The van der Waals surface area contributed by atoms with Gasteiger partial charge in [-0.1, -0.05) is 12.1 Å². The van der Waals surface area contributed by atoms with Crippen molar-refractivity contribution in [1.82, 2.24) is 10.2 Å². The molecule has 2 N–H and O–H groups in total. The third-order valence-corrected chi connectivity index (χ3v) is 2.70. The monoisotopic (exact) mass is 268 g/mol. The molecule has 0 bridgehead atoms. The maximum Gasteiger partial charge on any atom is 0.317 e. The number of urea groups is 1. The summed E-state index contributed by atoms with van der Waals surface area (Å²) in [6, 6.07) is 5.74. The second-order valence-corrected chi connectivity index (χ2v) is 4.88. The first-order valence-electron chi connectivity index (χ1n) is 6.37. The SMILES string of the molecule is CC(O)CN(C(=O)NCc1ccc(F)cc1)C(C)C. The molecule has 0 saturated heterocycles. The number of nitrogens with one attached hydrogen (secondary N) is 1. The first-order valence-corrected chi connectivity index (χ1v) is 6.37. The number of aliphatic hydroxyl groups is 1. The Morgan fingerprint density at radius 1 is 1.32 bits per heavy atom. The zero-order valence-electron chi connectivity index (χ0n) is 11.6. The second kappa shape index (κ2) is 7.09. The highest BCUT2D eigenvalue weighted by atomic mass is 19.1. The number of carbonyl (C=O) groups excluding carboxylic acids is 1. The first-order chi connectivity index (χ1) is 8.90. The summed E-state index contributed by atoms with van der Waals surface area (Å²) < 4.78 is 12.7. The Morgan fingerprint density at radius 2 is 1.89 bits per heavy atom. The molecule has 0 aromatic heterocycles. The van der Waals surface area contributed by atoms with Crippen LogP contribution in [0.15, 0.2) is 24.3 Å². The van der Waals surface area contributed by atoms with E-state index in [0.717, 1.165) is 5.56 Å². The number of amides is 2. The molecule has 0 spiro atoms. The van der Waals surface area contributed by atoms with E-state index < -0.39 is 6.10 Å². The van der Waals surface area contributed by atoms with E-state index in [1.54, 1.807) is 24.0 Å². The number of hydrogen-bond acceptors (Lipinski definition) is 2. The summed E-state index contributed by atoms with van der Waals surface area (Å²) in [6.07, 6.45) is -0.570. The predicted octanol–water partition coefficient (Wildman–Crippen LogP) is 2.13. The Labute approximate surface area is 113 Å². The molecule has 0 fully saturated rings. The minimum Gasteiger partial charge on any atom is -0.392 e. The molecule has 19 heavy (non-hydrogen) atoms. The maximum atomic E-state index is 12.7. The highest BCUT2D eigenvalue weighted by molar-refractivity contribution is 5.74. The normalized spacial score (nSPS) is 12.3. The van der Waals surface area contributed by atoms with Crippen molar-refractivity contribution in [3.63, 3.8) is 0 Å². The first kappa shape index (κ1) is 15.4. The minimum atomic E-state index is -0.570. The van der Waals surface area contributed by atoms with Crippen molar-refractivity contribution in [2.45, 2.75) is 39.5 Å². The Hall–Kier alpha value is -1.62. The van der Waals surface area contributed by atoms with Crippen molar-refractivity contribution >= 4 is 6.03 Å². The lowest BCUT2D eigenvalue weighted by Gasteiger charge is -2.28. The molecular formula is C14H21FN2O2. The van der Waals surface area contributed by atoms with Crippen LogP contribution in [0.1, 0.15) is 26.3 Å². The maximum absolute atomic E-state index is 12.7. The molecule has 0 aliphatic rings. The Morgan fingerprint density at radius 3 is 2.37 bits per heavy atom. The average Bonchev–Trinajstić information content (AvgIpc) is 2.34. The van der Waals surface area contributed by atoms with Gasteiger partial charge in [0.1, 0.15) is 5.82 Å². The Balaban J connectivity index is 2.54. The summed E-state index contributed by atoms with van der Waals surface area (Å²) in [5, 5.41) is 12.1. The third-order valence-electron chi connectivity index (χ3n) is 2.70. The van der Waals surface area contributed by atoms with Crippen molar-refractivity contribution in [3.05, 3.63) is 35.6 Å². The van der Waals surface area contributed by atoms with Crippen molar-refractivity contribution in [3.8, 4) is 0 Å². The van der Waals surface area contributed by atoms with E-state index in [-0.39, 0.29) is 24.4 Å². The second-order valence-electron chi connectivity index (χ2n) is 4.88. The lowest BCUT2D eigenvalue weighted by molar-refractivity contribution is 0.119. The topological polar surface area (TPSA) is 52.6 Å². The lowest BCUT2D eigenvalue weighted by Crippen LogP contribution is -2.46. The zero-order valence-corrected chi connectivity index (χ0v) is 11.6. The number of rotatable bonds is 5. The smallest absolute Gasteiger partial charge is 0.317 e. The third kappa shape index (κ3) is 5.26. The van der Waals surface area contributed by atoms with Crippen LogP contribution in [0.4, 0.5) is 9.18 Å². The molecule has 5 heteroatoms. The summed E-state index contributed by atoms with van der Waals surface area (Å²) in [7, 11) is 0. The quantitative estimate of drug-likeness (QED) is 0.859. The van der Waals surface area contributed by atoms with E-state index in [1.165, 1.54) is 12.1 Å². The van der Waals surface area contributed by atoms with Gasteiger partial charge in [0.15, 0.2) is 0 Å². The number of hydrogen-bond donors (Lipinski definition) is 2. The van der Waals surface area contributed by atoms with Gasteiger partial charge in [-0.05, 0) is 38.5 Å². The summed E-state index contributed by atoms with van der Waals surface area (Å²) in [4.78, 5) is 13.6. The standard InChI is InChI=1S/C14H21FN2O2/c1-10(2)17(9-11(3)18)14(19)16-8-12-4-6-13(15)7-5-12/h4-7,10-11,18H,8-9H2,1-3H3,(H,16,19). The van der Waals surface area contributed by atoms with Gasteiger partial charge < -0.3 is 15.3 Å². The van der Waals surface area contributed by atoms with Gasteiger partial charge in [0, 0.05) is 19.1 Å². The number of benzene rings is 1. The lowest BCUT2D eigenvalue weighted by atomic mass is 10.2. The fourth-order valence-electron chi connectivity index (χ4n) is 1.69. The molecular weight excluding hydrogens is 247 g/mol. The van der Waals surface area contributed by atoms with Crippen LogP contribution in [0.2, 0.25) is 0 Å². The van der Waals surface area contributed by atoms with Crippen molar-refractivity contribution in [2.24, 2.45) is 0 Å². The van der Waals surface area contributed by atoms with Crippen LogP contribution < -0.4 is 5.32 Å².